The van der Waals surface area contributed by atoms with Gasteiger partial charge in [0, 0.05) is 43.0 Å². The molecule has 0 atom stereocenters. The minimum Gasteiger partial charge on any atom is -0.378 e. The molecule has 1 amide bonds. The van der Waals surface area contributed by atoms with Gasteiger partial charge in [0.1, 0.15) is 0 Å². The summed E-state index contributed by atoms with van der Waals surface area (Å²) in [5.41, 5.74) is 2.73. The first-order valence-corrected chi connectivity index (χ1v) is 7.71. The Balaban J connectivity index is 1.74. The van der Waals surface area contributed by atoms with Crippen molar-refractivity contribution in [3.05, 3.63) is 76.1 Å². The predicted octanol–water partition coefficient (Wildman–Crippen LogP) is 2.52. The number of hydrogen-bond acceptors (Lipinski definition) is 3. The molecular formula is C19H19N3O2. The van der Waals surface area contributed by atoms with Gasteiger partial charge in [0.25, 0.3) is 11.5 Å². The first kappa shape index (κ1) is 15.8. The lowest BCUT2D eigenvalue weighted by molar-refractivity contribution is 0.0951. The first-order chi connectivity index (χ1) is 11.5. The second kappa shape index (κ2) is 6.58. The molecule has 1 heterocycles. The highest BCUT2D eigenvalue weighted by Crippen LogP contribution is 2.13. The van der Waals surface area contributed by atoms with Crippen LogP contribution in [0.1, 0.15) is 15.9 Å². The molecule has 0 fully saturated rings. The summed E-state index contributed by atoms with van der Waals surface area (Å²) in [6, 6.07) is 16.7. The van der Waals surface area contributed by atoms with Crippen molar-refractivity contribution >= 4 is 22.5 Å². The molecular weight excluding hydrogens is 302 g/mol. The van der Waals surface area contributed by atoms with Gasteiger partial charge in [-0.05, 0) is 41.8 Å². The van der Waals surface area contributed by atoms with E-state index in [1.165, 1.54) is 0 Å². The van der Waals surface area contributed by atoms with Crippen LogP contribution in [0, 0.1) is 0 Å². The van der Waals surface area contributed by atoms with Gasteiger partial charge in [0.05, 0.1) is 0 Å². The fourth-order valence-corrected chi connectivity index (χ4v) is 2.51. The number of carbonyl (C=O) groups excluding carboxylic acids is 1. The number of nitrogens with zero attached hydrogens (tertiary/aromatic N) is 1. The number of pyridine rings is 1. The highest BCUT2D eigenvalue weighted by atomic mass is 16.1. The van der Waals surface area contributed by atoms with Crippen molar-refractivity contribution in [2.75, 3.05) is 19.0 Å². The predicted molar refractivity (Wildman–Crippen MR) is 96.5 cm³/mol. The quantitative estimate of drug-likeness (QED) is 0.776. The lowest BCUT2D eigenvalue weighted by Crippen LogP contribution is -2.26. The van der Waals surface area contributed by atoms with Crippen LogP contribution in [0.15, 0.2) is 59.4 Å². The zero-order valence-electron chi connectivity index (χ0n) is 13.7. The van der Waals surface area contributed by atoms with E-state index in [2.05, 4.69) is 10.3 Å². The highest BCUT2D eigenvalue weighted by molar-refractivity contribution is 5.94. The number of amides is 1. The molecule has 2 aromatic carbocycles. The lowest BCUT2D eigenvalue weighted by atomic mass is 10.1. The van der Waals surface area contributed by atoms with Crippen LogP contribution in [0.4, 0.5) is 5.69 Å². The van der Waals surface area contributed by atoms with Crippen LogP contribution in [0.3, 0.4) is 0 Å². The Morgan fingerprint density at radius 3 is 2.50 bits per heavy atom. The third kappa shape index (κ3) is 3.30. The Hall–Kier alpha value is -3.08. The van der Waals surface area contributed by atoms with Gasteiger partial charge in [0.15, 0.2) is 0 Å². The van der Waals surface area contributed by atoms with Crippen molar-refractivity contribution in [1.82, 2.24) is 10.3 Å². The molecule has 0 aliphatic carbocycles. The minimum atomic E-state index is -0.201. The molecule has 0 saturated heterocycles. The van der Waals surface area contributed by atoms with E-state index in [4.69, 9.17) is 0 Å². The summed E-state index contributed by atoms with van der Waals surface area (Å²) >= 11 is 0. The fraction of sp³-hybridized carbons (Fsp3) is 0.158. The number of aromatic amines is 1. The van der Waals surface area contributed by atoms with Gasteiger partial charge in [-0.1, -0.05) is 18.2 Å². The minimum absolute atomic E-state index is 0.183. The molecule has 0 unspecified atom stereocenters. The molecule has 0 spiro atoms. The number of rotatable bonds is 4. The maximum absolute atomic E-state index is 12.2. The van der Waals surface area contributed by atoms with E-state index in [9.17, 15) is 9.59 Å². The molecule has 122 valence electrons. The number of fused-ring (bicyclic) bond motifs is 1. The van der Waals surface area contributed by atoms with E-state index in [0.29, 0.717) is 11.1 Å². The topological polar surface area (TPSA) is 65.2 Å². The van der Waals surface area contributed by atoms with E-state index < -0.39 is 0 Å². The second-order valence-corrected chi connectivity index (χ2v) is 5.83. The third-order valence-corrected chi connectivity index (χ3v) is 3.92. The molecule has 0 bridgehead atoms. The van der Waals surface area contributed by atoms with Crippen LogP contribution in [0.5, 0.6) is 0 Å². The number of para-hydroxylation sites is 1. The molecule has 0 saturated carbocycles. The molecule has 1 aromatic heterocycles. The molecule has 5 nitrogen and oxygen atoms in total. The normalized spacial score (nSPS) is 10.6. The average Bonchev–Trinajstić information content (AvgIpc) is 2.59. The van der Waals surface area contributed by atoms with Crippen molar-refractivity contribution in [1.29, 1.82) is 0 Å². The summed E-state index contributed by atoms with van der Waals surface area (Å²) in [4.78, 5) is 29.1. The van der Waals surface area contributed by atoms with Crippen LogP contribution in [0.25, 0.3) is 10.9 Å². The second-order valence-electron chi connectivity index (χ2n) is 5.83. The number of aromatic nitrogens is 1. The van der Waals surface area contributed by atoms with Crippen molar-refractivity contribution in [3.8, 4) is 0 Å². The zero-order valence-corrected chi connectivity index (χ0v) is 13.7. The lowest BCUT2D eigenvalue weighted by Gasteiger charge is -2.12. The number of anilines is 1. The van der Waals surface area contributed by atoms with Crippen LogP contribution in [0.2, 0.25) is 0 Å². The van der Waals surface area contributed by atoms with Crippen molar-refractivity contribution in [2.45, 2.75) is 6.54 Å². The summed E-state index contributed by atoms with van der Waals surface area (Å²) < 4.78 is 0. The Labute approximate surface area is 139 Å². The largest absolute Gasteiger partial charge is 0.378 e. The van der Waals surface area contributed by atoms with Crippen LogP contribution >= 0.6 is 0 Å². The summed E-state index contributed by atoms with van der Waals surface area (Å²) in [6.07, 6.45) is 0. The Morgan fingerprint density at radius 1 is 1.08 bits per heavy atom. The van der Waals surface area contributed by atoms with E-state index >= 15 is 0 Å². The van der Waals surface area contributed by atoms with Crippen LogP contribution in [-0.2, 0) is 6.54 Å². The summed E-state index contributed by atoms with van der Waals surface area (Å²) in [6.45, 7) is 0.189. The van der Waals surface area contributed by atoms with Gasteiger partial charge in [-0.2, -0.15) is 0 Å². The van der Waals surface area contributed by atoms with Crippen molar-refractivity contribution < 1.29 is 4.79 Å². The molecule has 3 aromatic rings. The smallest absolute Gasteiger partial charge is 0.253 e. The average molecular weight is 321 g/mol. The number of H-pyrrole nitrogens is 1. The van der Waals surface area contributed by atoms with E-state index in [0.717, 1.165) is 16.6 Å². The first-order valence-electron chi connectivity index (χ1n) is 7.71. The summed E-state index contributed by atoms with van der Waals surface area (Å²) in [5.74, 6) is -0.201. The number of nitrogens with one attached hydrogen (secondary N) is 2. The van der Waals surface area contributed by atoms with E-state index in [1.807, 2.05) is 61.5 Å². The molecule has 3 rings (SSSR count). The summed E-state index contributed by atoms with van der Waals surface area (Å²) in [5, 5.41) is 3.74. The number of benzene rings is 2. The van der Waals surface area contributed by atoms with E-state index in [1.54, 1.807) is 12.1 Å². The third-order valence-electron chi connectivity index (χ3n) is 3.92. The standard InChI is InChI=1S/C19H19N3O2/c1-22(2)16-9-7-13(8-10-16)18(23)20-12-15-11-14-5-3-4-6-17(14)21-19(15)24/h3-11H,12H2,1-2H3,(H,20,23)(H,21,24). The van der Waals surface area contributed by atoms with Gasteiger partial charge in [0.2, 0.25) is 0 Å². The molecule has 5 heteroatoms. The zero-order chi connectivity index (χ0) is 17.1. The molecule has 0 aliphatic heterocycles. The maximum atomic E-state index is 12.2. The molecule has 0 radical (unpaired) electrons. The van der Waals surface area contributed by atoms with Crippen LogP contribution in [-0.4, -0.2) is 25.0 Å². The molecule has 0 aliphatic rings. The van der Waals surface area contributed by atoms with Crippen molar-refractivity contribution in [3.63, 3.8) is 0 Å². The fourth-order valence-electron chi connectivity index (χ4n) is 2.51. The Kier molecular flexibility index (Phi) is 4.33. The SMILES string of the molecule is CN(C)c1ccc(C(=O)NCc2cc3ccccc3[nH]c2=O)cc1. The number of carbonyl (C=O) groups is 1. The molecule has 2 N–H and O–H groups in total. The van der Waals surface area contributed by atoms with Gasteiger partial charge in [-0.15, -0.1) is 0 Å². The van der Waals surface area contributed by atoms with Gasteiger partial charge in [-0.25, -0.2) is 0 Å². The number of hydrogen-bond donors (Lipinski definition) is 2. The van der Waals surface area contributed by atoms with Crippen LogP contribution < -0.4 is 15.8 Å². The highest BCUT2D eigenvalue weighted by Gasteiger charge is 2.08. The maximum Gasteiger partial charge on any atom is 0.253 e. The van der Waals surface area contributed by atoms with Gasteiger partial charge in [-0.3, -0.25) is 9.59 Å². The van der Waals surface area contributed by atoms with E-state index in [-0.39, 0.29) is 18.0 Å². The van der Waals surface area contributed by atoms with Gasteiger partial charge < -0.3 is 15.2 Å². The Bertz CT molecular complexity index is 927. The van der Waals surface area contributed by atoms with Gasteiger partial charge >= 0.3 is 0 Å². The summed E-state index contributed by atoms with van der Waals surface area (Å²) in [7, 11) is 3.89. The van der Waals surface area contributed by atoms with Crippen molar-refractivity contribution in [2.24, 2.45) is 0 Å². The molecule has 24 heavy (non-hydrogen) atoms. The monoisotopic (exact) mass is 321 g/mol. The Morgan fingerprint density at radius 2 is 1.79 bits per heavy atom.